The molecule has 0 saturated heterocycles. The van der Waals surface area contributed by atoms with Crippen LogP contribution in [0.25, 0.3) is 0 Å². The summed E-state index contributed by atoms with van der Waals surface area (Å²) in [6.07, 6.45) is 5.46. The number of aryl methyl sites for hydroxylation is 3. The second-order valence-corrected chi connectivity index (χ2v) is 5.06. The normalized spacial score (nSPS) is 10.8. The Morgan fingerprint density at radius 1 is 1.29 bits per heavy atom. The third-order valence-electron chi connectivity index (χ3n) is 3.22. The summed E-state index contributed by atoms with van der Waals surface area (Å²) in [6, 6.07) is 7.94. The van der Waals surface area contributed by atoms with Gasteiger partial charge in [-0.15, -0.1) is 0 Å². The van der Waals surface area contributed by atoms with Crippen molar-refractivity contribution in [2.75, 3.05) is 11.9 Å². The molecule has 1 amide bonds. The van der Waals surface area contributed by atoms with Gasteiger partial charge in [0.25, 0.3) is 5.91 Å². The molecule has 0 unspecified atom stereocenters. The number of hydrogen-bond acceptors (Lipinski definition) is 3. The lowest BCUT2D eigenvalue weighted by Gasteiger charge is -2.07. The first-order valence-electron chi connectivity index (χ1n) is 6.79. The molecule has 110 valence electrons. The van der Waals surface area contributed by atoms with Gasteiger partial charge in [0.05, 0.1) is 12.8 Å². The van der Waals surface area contributed by atoms with E-state index in [1.54, 1.807) is 6.21 Å². The maximum Gasteiger partial charge on any atom is 0.259 e. The molecule has 1 heterocycles. The molecule has 5 nitrogen and oxygen atoms in total. The number of benzene rings is 1. The summed E-state index contributed by atoms with van der Waals surface area (Å²) in [4.78, 5) is 11.7. The number of nitrogens with one attached hydrogen (secondary N) is 2. The fourth-order valence-corrected chi connectivity index (χ4v) is 1.85. The third kappa shape index (κ3) is 4.49. The molecule has 2 aromatic rings. The first kappa shape index (κ1) is 14.8. The van der Waals surface area contributed by atoms with Crippen molar-refractivity contribution in [1.29, 1.82) is 0 Å². The molecule has 0 saturated carbocycles. The third-order valence-corrected chi connectivity index (χ3v) is 3.22. The molecule has 2 rings (SSSR count). The van der Waals surface area contributed by atoms with E-state index in [9.17, 15) is 4.79 Å². The average molecular weight is 284 g/mol. The average Bonchev–Trinajstić information content (AvgIpc) is 2.86. The van der Waals surface area contributed by atoms with E-state index in [0.717, 1.165) is 11.3 Å². The van der Waals surface area contributed by atoms with Crippen LogP contribution in [0.5, 0.6) is 0 Å². The zero-order valence-electron chi connectivity index (χ0n) is 12.6. The van der Waals surface area contributed by atoms with Crippen LogP contribution in [-0.2, 0) is 11.8 Å². The number of nitrogens with zero attached hydrogens (tertiary/aromatic N) is 2. The number of carbonyl (C=O) groups excluding carboxylic acids is 1. The van der Waals surface area contributed by atoms with Crippen molar-refractivity contribution in [3.63, 3.8) is 0 Å². The molecule has 0 radical (unpaired) electrons. The number of aromatic nitrogens is 1. The van der Waals surface area contributed by atoms with E-state index in [1.165, 1.54) is 11.1 Å². The van der Waals surface area contributed by atoms with E-state index in [4.69, 9.17) is 0 Å². The topological polar surface area (TPSA) is 58.4 Å². The van der Waals surface area contributed by atoms with E-state index >= 15 is 0 Å². The van der Waals surface area contributed by atoms with E-state index in [0.29, 0.717) is 0 Å². The van der Waals surface area contributed by atoms with Crippen LogP contribution >= 0.6 is 0 Å². The Kier molecular flexibility index (Phi) is 4.77. The van der Waals surface area contributed by atoms with E-state index in [2.05, 4.69) is 22.8 Å². The second kappa shape index (κ2) is 6.74. The number of hydrazone groups is 1. The first-order chi connectivity index (χ1) is 10.0. The Bertz CT molecular complexity index is 658. The summed E-state index contributed by atoms with van der Waals surface area (Å²) >= 11 is 0. The molecule has 1 aromatic carbocycles. The van der Waals surface area contributed by atoms with Gasteiger partial charge < -0.3 is 9.88 Å². The predicted octanol–water partition coefficient (Wildman–Crippen LogP) is 2.20. The smallest absolute Gasteiger partial charge is 0.259 e. The highest BCUT2D eigenvalue weighted by molar-refractivity contribution is 5.84. The molecule has 5 heteroatoms. The minimum atomic E-state index is -0.180. The summed E-state index contributed by atoms with van der Waals surface area (Å²) in [5.74, 6) is -0.180. The van der Waals surface area contributed by atoms with Crippen LogP contribution in [0.1, 0.15) is 16.7 Å². The van der Waals surface area contributed by atoms with Crippen LogP contribution in [0.15, 0.2) is 41.8 Å². The number of amides is 1. The van der Waals surface area contributed by atoms with Crippen LogP contribution < -0.4 is 10.7 Å². The molecule has 2 N–H and O–H groups in total. The van der Waals surface area contributed by atoms with E-state index in [1.807, 2.05) is 55.2 Å². The molecular formula is C16H20N4O. The van der Waals surface area contributed by atoms with Gasteiger partial charge in [-0.3, -0.25) is 4.79 Å². The summed E-state index contributed by atoms with van der Waals surface area (Å²) < 4.78 is 1.92. The molecular weight excluding hydrogens is 264 g/mol. The molecule has 0 aliphatic rings. The van der Waals surface area contributed by atoms with E-state index < -0.39 is 0 Å². The Morgan fingerprint density at radius 3 is 2.76 bits per heavy atom. The van der Waals surface area contributed by atoms with Gasteiger partial charge in [0, 0.05) is 30.7 Å². The summed E-state index contributed by atoms with van der Waals surface area (Å²) in [7, 11) is 1.93. The maximum absolute atomic E-state index is 11.7. The first-order valence-corrected chi connectivity index (χ1v) is 6.79. The summed E-state index contributed by atoms with van der Waals surface area (Å²) in [5, 5.41) is 7.00. The van der Waals surface area contributed by atoms with Gasteiger partial charge in [-0.05, 0) is 43.2 Å². The van der Waals surface area contributed by atoms with Gasteiger partial charge in [0.2, 0.25) is 0 Å². The molecule has 0 spiro atoms. The highest BCUT2D eigenvalue weighted by Gasteiger charge is 2.00. The molecule has 21 heavy (non-hydrogen) atoms. The van der Waals surface area contributed by atoms with Gasteiger partial charge in [-0.2, -0.15) is 5.10 Å². The van der Waals surface area contributed by atoms with Gasteiger partial charge in [-0.25, -0.2) is 5.43 Å². The van der Waals surface area contributed by atoms with Gasteiger partial charge in [0.1, 0.15) is 0 Å². The number of rotatable bonds is 5. The Morgan fingerprint density at radius 2 is 2.10 bits per heavy atom. The monoisotopic (exact) mass is 284 g/mol. The molecule has 0 aliphatic carbocycles. The Balaban J connectivity index is 1.79. The lowest BCUT2D eigenvalue weighted by Crippen LogP contribution is -2.25. The van der Waals surface area contributed by atoms with Crippen molar-refractivity contribution in [1.82, 2.24) is 9.99 Å². The van der Waals surface area contributed by atoms with Crippen molar-refractivity contribution < 1.29 is 4.79 Å². The zero-order chi connectivity index (χ0) is 15.2. The van der Waals surface area contributed by atoms with Gasteiger partial charge in [0.15, 0.2) is 0 Å². The number of carbonyl (C=O) groups is 1. The molecule has 0 bridgehead atoms. The fourth-order valence-electron chi connectivity index (χ4n) is 1.85. The highest BCUT2D eigenvalue weighted by atomic mass is 16.2. The fraction of sp³-hybridized carbons (Fsp3) is 0.250. The minimum Gasteiger partial charge on any atom is -0.376 e. The molecule has 0 fully saturated rings. The van der Waals surface area contributed by atoms with Crippen LogP contribution in [0, 0.1) is 13.8 Å². The number of hydrogen-bond donors (Lipinski definition) is 2. The predicted molar refractivity (Wildman–Crippen MR) is 85.6 cm³/mol. The molecule has 0 atom stereocenters. The SMILES string of the molecule is Cc1ccc(NCC(=O)N/N=C\c2ccn(C)c2)cc1C. The van der Waals surface area contributed by atoms with Crippen LogP contribution in [-0.4, -0.2) is 23.2 Å². The van der Waals surface area contributed by atoms with Crippen molar-refractivity contribution in [3.05, 3.63) is 53.3 Å². The second-order valence-electron chi connectivity index (χ2n) is 5.06. The summed E-state index contributed by atoms with van der Waals surface area (Å²) in [6.45, 7) is 4.30. The largest absolute Gasteiger partial charge is 0.376 e. The van der Waals surface area contributed by atoms with Gasteiger partial charge >= 0.3 is 0 Å². The lowest BCUT2D eigenvalue weighted by atomic mass is 10.1. The standard InChI is InChI=1S/C16H20N4O/c1-12-4-5-15(8-13(12)2)17-10-16(21)19-18-9-14-6-7-20(3)11-14/h4-9,11,17H,10H2,1-3H3,(H,19,21)/b18-9-. The molecule has 0 aliphatic heterocycles. The quantitative estimate of drug-likeness (QED) is 0.653. The Hall–Kier alpha value is -2.56. The van der Waals surface area contributed by atoms with Crippen molar-refractivity contribution in [3.8, 4) is 0 Å². The lowest BCUT2D eigenvalue weighted by molar-refractivity contribution is -0.119. The van der Waals surface area contributed by atoms with Crippen molar-refractivity contribution in [2.45, 2.75) is 13.8 Å². The van der Waals surface area contributed by atoms with Crippen LogP contribution in [0.4, 0.5) is 5.69 Å². The van der Waals surface area contributed by atoms with Crippen LogP contribution in [0.3, 0.4) is 0 Å². The van der Waals surface area contributed by atoms with Gasteiger partial charge in [-0.1, -0.05) is 6.07 Å². The molecule has 1 aromatic heterocycles. The van der Waals surface area contributed by atoms with Crippen molar-refractivity contribution >= 4 is 17.8 Å². The van der Waals surface area contributed by atoms with Crippen LogP contribution in [0.2, 0.25) is 0 Å². The minimum absolute atomic E-state index is 0.180. The van der Waals surface area contributed by atoms with Crippen molar-refractivity contribution in [2.24, 2.45) is 12.1 Å². The summed E-state index contributed by atoms with van der Waals surface area (Å²) in [5.41, 5.74) is 6.80. The Labute approximate surface area is 124 Å². The van der Waals surface area contributed by atoms with E-state index in [-0.39, 0.29) is 12.5 Å². The zero-order valence-corrected chi connectivity index (χ0v) is 12.6. The highest BCUT2D eigenvalue weighted by Crippen LogP contribution is 2.13. The maximum atomic E-state index is 11.7. The number of anilines is 1.